The van der Waals surface area contributed by atoms with Gasteiger partial charge in [0, 0.05) is 17.1 Å². The fourth-order valence-corrected chi connectivity index (χ4v) is 2.49. The van der Waals surface area contributed by atoms with Gasteiger partial charge in [0.25, 0.3) is 0 Å². The molecule has 112 valence electrons. The van der Waals surface area contributed by atoms with Crippen LogP contribution in [0.15, 0.2) is 42.5 Å². The Kier molecular flexibility index (Phi) is 5.21. The molecule has 0 amide bonds. The Morgan fingerprint density at radius 2 is 1.71 bits per heavy atom. The number of methoxy groups -OCH3 is 1. The number of ether oxygens (including phenoxy) is 1. The first-order valence-electron chi connectivity index (χ1n) is 6.86. The second-order valence-electron chi connectivity index (χ2n) is 5.06. The maximum atomic E-state index is 13.4. The first kappa shape index (κ1) is 15.8. The molecule has 0 aliphatic rings. The molecule has 1 unspecified atom stereocenters. The summed E-state index contributed by atoms with van der Waals surface area (Å²) in [4.78, 5) is 0. The van der Waals surface area contributed by atoms with E-state index in [1.54, 1.807) is 12.1 Å². The van der Waals surface area contributed by atoms with Crippen LogP contribution in [-0.4, -0.2) is 7.11 Å². The minimum absolute atomic E-state index is 0.0634. The van der Waals surface area contributed by atoms with E-state index in [2.05, 4.69) is 12.2 Å². The predicted octanol–water partition coefficient (Wildman–Crippen LogP) is 4.90. The third-order valence-electron chi connectivity index (χ3n) is 3.52. The highest BCUT2D eigenvalue weighted by molar-refractivity contribution is 6.30. The number of hydrogen-bond acceptors (Lipinski definition) is 2. The number of nitrogens with one attached hydrogen (secondary N) is 1. The van der Waals surface area contributed by atoms with Crippen LogP contribution < -0.4 is 10.1 Å². The van der Waals surface area contributed by atoms with Crippen molar-refractivity contribution in [2.24, 2.45) is 0 Å². The zero-order valence-electron chi connectivity index (χ0n) is 12.4. The lowest BCUT2D eigenvalue weighted by atomic mass is 10.0. The van der Waals surface area contributed by atoms with Gasteiger partial charge in [-0.05, 0) is 49.2 Å². The van der Waals surface area contributed by atoms with Crippen molar-refractivity contribution in [2.75, 3.05) is 7.11 Å². The molecule has 0 spiro atoms. The van der Waals surface area contributed by atoms with Crippen LogP contribution in [0.5, 0.6) is 5.75 Å². The summed E-state index contributed by atoms with van der Waals surface area (Å²) in [5, 5.41) is 4.19. The van der Waals surface area contributed by atoms with E-state index in [-0.39, 0.29) is 23.7 Å². The van der Waals surface area contributed by atoms with Gasteiger partial charge in [0.05, 0.1) is 7.11 Å². The molecule has 21 heavy (non-hydrogen) atoms. The summed E-state index contributed by atoms with van der Waals surface area (Å²) in [6.45, 7) is 4.11. The van der Waals surface area contributed by atoms with Crippen molar-refractivity contribution in [3.05, 3.63) is 64.4 Å². The third kappa shape index (κ3) is 3.96. The number of benzene rings is 2. The molecule has 0 fully saturated rings. The predicted molar refractivity (Wildman–Crippen MR) is 84.4 cm³/mol. The molecule has 2 aromatic carbocycles. The molecule has 0 aromatic heterocycles. The van der Waals surface area contributed by atoms with Gasteiger partial charge in [-0.2, -0.15) is 0 Å². The highest BCUT2D eigenvalue weighted by Gasteiger charge is 2.13. The molecule has 0 aliphatic heterocycles. The Balaban J connectivity index is 2.12. The third-order valence-corrected chi connectivity index (χ3v) is 3.76. The Hall–Kier alpha value is -1.58. The van der Waals surface area contributed by atoms with Crippen LogP contribution in [0.3, 0.4) is 0 Å². The highest BCUT2D eigenvalue weighted by atomic mass is 35.5. The van der Waals surface area contributed by atoms with Gasteiger partial charge >= 0.3 is 0 Å². The SMILES string of the molecule is COc1cc(C(C)N[C@H](C)c2cccc(Cl)c2)ccc1F. The lowest BCUT2D eigenvalue weighted by Crippen LogP contribution is -2.22. The summed E-state index contributed by atoms with van der Waals surface area (Å²) >= 11 is 6.01. The largest absolute Gasteiger partial charge is 0.494 e. The Bertz CT molecular complexity index is 617. The standard InChI is InChI=1S/C17H19ClFNO/c1-11(13-5-4-6-15(18)9-13)20-12(2)14-7-8-16(19)17(10-14)21-3/h4-12,20H,1-3H3/t11-,12?/m1/s1. The monoisotopic (exact) mass is 307 g/mol. The van der Waals surface area contributed by atoms with Crippen LogP contribution in [-0.2, 0) is 0 Å². The Morgan fingerprint density at radius 3 is 2.33 bits per heavy atom. The molecule has 4 heteroatoms. The molecule has 0 radical (unpaired) electrons. The molecule has 2 nitrogen and oxygen atoms in total. The van der Waals surface area contributed by atoms with Crippen molar-refractivity contribution in [3.8, 4) is 5.75 Å². The number of rotatable bonds is 5. The quantitative estimate of drug-likeness (QED) is 0.848. The molecule has 0 aliphatic carbocycles. The van der Waals surface area contributed by atoms with Gasteiger partial charge in [-0.15, -0.1) is 0 Å². The van der Waals surface area contributed by atoms with E-state index >= 15 is 0 Å². The molecule has 2 rings (SSSR count). The van der Waals surface area contributed by atoms with Crippen LogP contribution in [0.4, 0.5) is 4.39 Å². The molecular formula is C17H19ClFNO. The van der Waals surface area contributed by atoms with Gasteiger partial charge in [0.1, 0.15) is 0 Å². The second kappa shape index (κ2) is 6.92. The summed E-state index contributed by atoms with van der Waals surface area (Å²) in [5.74, 6) is -0.0899. The van der Waals surface area contributed by atoms with E-state index in [1.807, 2.05) is 31.2 Å². The summed E-state index contributed by atoms with van der Waals surface area (Å²) in [6.07, 6.45) is 0. The van der Waals surface area contributed by atoms with Crippen molar-refractivity contribution in [2.45, 2.75) is 25.9 Å². The van der Waals surface area contributed by atoms with Crippen LogP contribution >= 0.6 is 11.6 Å². The summed E-state index contributed by atoms with van der Waals surface area (Å²) in [6, 6.07) is 12.9. The van der Waals surface area contributed by atoms with Crippen LogP contribution in [0, 0.1) is 5.82 Å². The van der Waals surface area contributed by atoms with Crippen LogP contribution in [0.2, 0.25) is 5.02 Å². The summed E-state index contributed by atoms with van der Waals surface area (Å²) in [5.41, 5.74) is 2.09. The molecule has 2 atom stereocenters. The van der Waals surface area contributed by atoms with E-state index in [9.17, 15) is 4.39 Å². The van der Waals surface area contributed by atoms with Gasteiger partial charge in [0.2, 0.25) is 0 Å². The van der Waals surface area contributed by atoms with Crippen LogP contribution in [0.1, 0.15) is 37.1 Å². The van der Waals surface area contributed by atoms with Crippen molar-refractivity contribution in [3.63, 3.8) is 0 Å². The van der Waals surface area contributed by atoms with E-state index in [0.717, 1.165) is 16.1 Å². The average molecular weight is 308 g/mol. The minimum Gasteiger partial charge on any atom is -0.494 e. The maximum Gasteiger partial charge on any atom is 0.165 e. The second-order valence-corrected chi connectivity index (χ2v) is 5.50. The molecule has 2 aromatic rings. The number of hydrogen-bond donors (Lipinski definition) is 1. The fourth-order valence-electron chi connectivity index (χ4n) is 2.29. The summed E-state index contributed by atoms with van der Waals surface area (Å²) < 4.78 is 18.5. The van der Waals surface area contributed by atoms with Crippen molar-refractivity contribution in [1.29, 1.82) is 0 Å². The Morgan fingerprint density at radius 1 is 1.05 bits per heavy atom. The zero-order valence-corrected chi connectivity index (χ0v) is 13.1. The Labute approximate surface area is 129 Å². The molecule has 0 heterocycles. The lowest BCUT2D eigenvalue weighted by Gasteiger charge is -2.21. The highest BCUT2D eigenvalue weighted by Crippen LogP contribution is 2.25. The van der Waals surface area contributed by atoms with Crippen molar-refractivity contribution in [1.82, 2.24) is 5.32 Å². The van der Waals surface area contributed by atoms with E-state index in [1.165, 1.54) is 13.2 Å². The van der Waals surface area contributed by atoms with Gasteiger partial charge in [-0.1, -0.05) is 29.8 Å². The average Bonchev–Trinajstić information content (AvgIpc) is 2.47. The molecular weight excluding hydrogens is 289 g/mol. The van der Waals surface area contributed by atoms with Crippen molar-refractivity contribution >= 4 is 11.6 Å². The first-order chi connectivity index (χ1) is 10.0. The van der Waals surface area contributed by atoms with Gasteiger partial charge < -0.3 is 10.1 Å². The smallest absolute Gasteiger partial charge is 0.165 e. The van der Waals surface area contributed by atoms with Crippen molar-refractivity contribution < 1.29 is 9.13 Å². The zero-order chi connectivity index (χ0) is 15.4. The molecule has 1 N–H and O–H groups in total. The van der Waals surface area contributed by atoms with E-state index in [4.69, 9.17) is 16.3 Å². The van der Waals surface area contributed by atoms with E-state index in [0.29, 0.717) is 0 Å². The summed E-state index contributed by atoms with van der Waals surface area (Å²) in [7, 11) is 1.47. The van der Waals surface area contributed by atoms with Gasteiger partial charge in [0.15, 0.2) is 11.6 Å². The first-order valence-corrected chi connectivity index (χ1v) is 7.24. The lowest BCUT2D eigenvalue weighted by molar-refractivity contribution is 0.384. The fraction of sp³-hybridized carbons (Fsp3) is 0.294. The maximum absolute atomic E-state index is 13.4. The normalized spacial score (nSPS) is 13.8. The minimum atomic E-state index is -0.351. The van der Waals surface area contributed by atoms with E-state index < -0.39 is 0 Å². The topological polar surface area (TPSA) is 21.3 Å². The molecule has 0 saturated carbocycles. The molecule has 0 bridgehead atoms. The van der Waals surface area contributed by atoms with Crippen LogP contribution in [0.25, 0.3) is 0 Å². The van der Waals surface area contributed by atoms with Gasteiger partial charge in [-0.25, -0.2) is 4.39 Å². The molecule has 0 saturated heterocycles. The van der Waals surface area contributed by atoms with Gasteiger partial charge in [-0.3, -0.25) is 0 Å². The number of halogens is 2.